The molecule has 0 aliphatic rings. The molecule has 0 aromatic heterocycles. The van der Waals surface area contributed by atoms with Crippen molar-refractivity contribution in [3.05, 3.63) is 23.8 Å². The molecule has 0 aliphatic heterocycles. The van der Waals surface area contributed by atoms with E-state index in [1.807, 2.05) is 0 Å². The van der Waals surface area contributed by atoms with Crippen LogP contribution in [0.25, 0.3) is 0 Å². The largest absolute Gasteiger partial charge is 0.497 e. The van der Waals surface area contributed by atoms with Gasteiger partial charge in [0.05, 0.1) is 25.2 Å². The first-order valence-corrected chi connectivity index (χ1v) is 5.80. The van der Waals surface area contributed by atoms with Crippen molar-refractivity contribution in [2.75, 3.05) is 14.2 Å². The molecule has 0 bridgehead atoms. The maximum atomic E-state index is 12.2. The fourth-order valence-corrected chi connectivity index (χ4v) is 1.60. The topological polar surface area (TPSA) is 72.8 Å². The molecule has 0 fully saturated rings. The molecule has 0 radical (unpaired) electrons. The van der Waals surface area contributed by atoms with Crippen molar-refractivity contribution >= 4 is 11.8 Å². The fourth-order valence-electron chi connectivity index (χ4n) is 1.60. The van der Waals surface area contributed by atoms with Gasteiger partial charge in [-0.05, 0) is 26.0 Å². The van der Waals surface area contributed by atoms with E-state index in [4.69, 9.17) is 14.6 Å². The molecule has 0 atom stereocenters. The second-order valence-corrected chi connectivity index (χ2v) is 4.86. The zero-order valence-electron chi connectivity index (χ0n) is 11.5. The molecule has 1 aromatic rings. The highest BCUT2D eigenvalue weighted by molar-refractivity contribution is 6.01. The van der Waals surface area contributed by atoms with Crippen LogP contribution in [0.15, 0.2) is 18.2 Å². The number of carboxylic acid groups (broad SMARTS) is 1. The first-order valence-electron chi connectivity index (χ1n) is 5.80. The van der Waals surface area contributed by atoms with Gasteiger partial charge in [-0.1, -0.05) is 0 Å². The Kier molecular flexibility index (Phi) is 4.53. The Bertz CT molecular complexity index is 491. The maximum absolute atomic E-state index is 12.2. The molecule has 0 amide bonds. The number of ether oxygens (including phenoxy) is 2. The zero-order chi connectivity index (χ0) is 14.6. The van der Waals surface area contributed by atoms with Gasteiger partial charge in [-0.2, -0.15) is 0 Å². The maximum Gasteiger partial charge on any atom is 0.309 e. The number of benzene rings is 1. The minimum atomic E-state index is -1.11. The third kappa shape index (κ3) is 3.47. The van der Waals surface area contributed by atoms with Crippen LogP contribution in [0.4, 0.5) is 0 Å². The van der Waals surface area contributed by atoms with E-state index in [1.54, 1.807) is 18.2 Å². The van der Waals surface area contributed by atoms with Gasteiger partial charge >= 0.3 is 5.97 Å². The molecule has 0 saturated heterocycles. The summed E-state index contributed by atoms with van der Waals surface area (Å²) in [5.41, 5.74) is -0.750. The highest BCUT2D eigenvalue weighted by Gasteiger charge is 2.31. The van der Waals surface area contributed by atoms with E-state index in [-0.39, 0.29) is 12.2 Å². The summed E-state index contributed by atoms with van der Waals surface area (Å²) >= 11 is 0. The number of methoxy groups -OCH3 is 2. The summed E-state index contributed by atoms with van der Waals surface area (Å²) in [6.45, 7) is 3.03. The van der Waals surface area contributed by atoms with Gasteiger partial charge in [0.15, 0.2) is 5.78 Å². The minimum absolute atomic E-state index is 0.0922. The molecule has 0 spiro atoms. The van der Waals surface area contributed by atoms with E-state index in [0.29, 0.717) is 17.1 Å². The van der Waals surface area contributed by atoms with E-state index in [1.165, 1.54) is 28.1 Å². The number of carbonyl (C=O) groups is 2. The van der Waals surface area contributed by atoms with Gasteiger partial charge in [0.25, 0.3) is 0 Å². The molecule has 1 N–H and O–H groups in total. The highest BCUT2D eigenvalue weighted by atomic mass is 16.5. The number of Topliss-reactive ketones (excluding diaryl/α,β-unsaturated/α-hetero) is 1. The van der Waals surface area contributed by atoms with Gasteiger partial charge in [0, 0.05) is 12.5 Å². The van der Waals surface area contributed by atoms with Crippen LogP contribution in [0.3, 0.4) is 0 Å². The molecular formula is C14H18O5. The highest BCUT2D eigenvalue weighted by Crippen LogP contribution is 2.29. The van der Waals surface area contributed by atoms with E-state index in [9.17, 15) is 9.59 Å². The summed E-state index contributed by atoms with van der Waals surface area (Å²) < 4.78 is 10.2. The summed E-state index contributed by atoms with van der Waals surface area (Å²) in [4.78, 5) is 23.2. The van der Waals surface area contributed by atoms with E-state index in [0.717, 1.165) is 0 Å². The first-order chi connectivity index (χ1) is 8.81. The molecule has 5 nitrogen and oxygen atoms in total. The molecule has 5 heteroatoms. The summed E-state index contributed by atoms with van der Waals surface area (Å²) in [6.07, 6.45) is -0.0922. The molecule has 19 heavy (non-hydrogen) atoms. The number of rotatable bonds is 6. The van der Waals surface area contributed by atoms with Crippen LogP contribution in [0.1, 0.15) is 30.6 Å². The van der Waals surface area contributed by atoms with Crippen molar-refractivity contribution in [1.29, 1.82) is 0 Å². The molecule has 1 rings (SSSR count). The smallest absolute Gasteiger partial charge is 0.309 e. The molecule has 0 heterocycles. The van der Waals surface area contributed by atoms with Gasteiger partial charge in [-0.25, -0.2) is 0 Å². The standard InChI is InChI=1S/C14H18O5/c1-14(2,13(16)17)8-11(15)10-6-5-9(18-3)7-12(10)19-4/h5-7H,8H2,1-4H3,(H,16,17). The monoisotopic (exact) mass is 266 g/mol. The van der Waals surface area contributed by atoms with Crippen molar-refractivity contribution in [1.82, 2.24) is 0 Å². The Balaban J connectivity index is 3.03. The van der Waals surface area contributed by atoms with Crippen LogP contribution in [0.2, 0.25) is 0 Å². The number of aliphatic carboxylic acids is 1. The van der Waals surface area contributed by atoms with Crippen molar-refractivity contribution in [3.63, 3.8) is 0 Å². The van der Waals surface area contributed by atoms with Crippen LogP contribution in [-0.4, -0.2) is 31.1 Å². The van der Waals surface area contributed by atoms with Crippen LogP contribution in [0.5, 0.6) is 11.5 Å². The van der Waals surface area contributed by atoms with Crippen LogP contribution in [0, 0.1) is 5.41 Å². The molecule has 0 unspecified atom stereocenters. The van der Waals surface area contributed by atoms with Gasteiger partial charge in [0.1, 0.15) is 11.5 Å². The van der Waals surface area contributed by atoms with Crippen molar-refractivity contribution in [3.8, 4) is 11.5 Å². The van der Waals surface area contributed by atoms with Gasteiger partial charge in [-0.15, -0.1) is 0 Å². The number of carboxylic acids is 1. The predicted molar refractivity (Wildman–Crippen MR) is 69.9 cm³/mol. The lowest BCUT2D eigenvalue weighted by Gasteiger charge is -2.18. The number of ketones is 1. The summed E-state index contributed by atoms with van der Waals surface area (Å²) in [7, 11) is 2.97. The van der Waals surface area contributed by atoms with Crippen LogP contribution in [-0.2, 0) is 4.79 Å². The fraction of sp³-hybridized carbons (Fsp3) is 0.429. The Morgan fingerprint density at radius 3 is 2.32 bits per heavy atom. The summed E-state index contributed by atoms with van der Waals surface area (Å²) in [5.74, 6) is -0.323. The average molecular weight is 266 g/mol. The normalized spacial score (nSPS) is 10.9. The molecule has 104 valence electrons. The Labute approximate surface area is 112 Å². The Hall–Kier alpha value is -2.04. The second-order valence-electron chi connectivity index (χ2n) is 4.86. The molecule has 0 saturated carbocycles. The zero-order valence-corrected chi connectivity index (χ0v) is 11.5. The first kappa shape index (κ1) is 15.0. The molecular weight excluding hydrogens is 248 g/mol. The summed E-state index contributed by atoms with van der Waals surface area (Å²) in [5, 5.41) is 9.04. The Morgan fingerprint density at radius 2 is 1.84 bits per heavy atom. The Morgan fingerprint density at radius 1 is 1.21 bits per heavy atom. The lowest BCUT2D eigenvalue weighted by molar-refractivity contribution is -0.146. The van der Waals surface area contributed by atoms with E-state index < -0.39 is 11.4 Å². The lowest BCUT2D eigenvalue weighted by Crippen LogP contribution is -2.27. The minimum Gasteiger partial charge on any atom is -0.497 e. The van der Waals surface area contributed by atoms with Gasteiger partial charge in [-0.3, -0.25) is 9.59 Å². The molecule has 0 aliphatic carbocycles. The SMILES string of the molecule is COc1ccc(C(=O)CC(C)(C)C(=O)O)c(OC)c1. The number of carbonyl (C=O) groups excluding carboxylic acids is 1. The van der Waals surface area contributed by atoms with Crippen LogP contribution < -0.4 is 9.47 Å². The predicted octanol–water partition coefficient (Wildman–Crippen LogP) is 2.39. The van der Waals surface area contributed by atoms with Crippen molar-refractivity contribution in [2.24, 2.45) is 5.41 Å². The van der Waals surface area contributed by atoms with Crippen molar-refractivity contribution in [2.45, 2.75) is 20.3 Å². The number of hydrogen-bond acceptors (Lipinski definition) is 4. The third-order valence-electron chi connectivity index (χ3n) is 2.89. The van der Waals surface area contributed by atoms with E-state index >= 15 is 0 Å². The third-order valence-corrected chi connectivity index (χ3v) is 2.89. The lowest BCUT2D eigenvalue weighted by atomic mass is 9.85. The average Bonchev–Trinajstić information content (AvgIpc) is 2.37. The van der Waals surface area contributed by atoms with Crippen LogP contribution >= 0.6 is 0 Å². The van der Waals surface area contributed by atoms with E-state index in [2.05, 4.69) is 0 Å². The van der Waals surface area contributed by atoms with Gasteiger partial charge < -0.3 is 14.6 Å². The molecule has 1 aromatic carbocycles. The number of hydrogen-bond donors (Lipinski definition) is 1. The summed E-state index contributed by atoms with van der Waals surface area (Å²) in [6, 6.07) is 4.82. The van der Waals surface area contributed by atoms with Gasteiger partial charge in [0.2, 0.25) is 0 Å². The quantitative estimate of drug-likeness (QED) is 0.800. The second kappa shape index (κ2) is 5.73. The van der Waals surface area contributed by atoms with Crippen molar-refractivity contribution < 1.29 is 24.2 Å².